The summed E-state index contributed by atoms with van der Waals surface area (Å²) in [5, 5.41) is 3.52. The van der Waals surface area contributed by atoms with Crippen LogP contribution in [-0.4, -0.2) is 32.8 Å². The van der Waals surface area contributed by atoms with Gasteiger partial charge in [0.2, 0.25) is 0 Å². The first kappa shape index (κ1) is 16.0. The van der Waals surface area contributed by atoms with Crippen LogP contribution in [0.2, 0.25) is 0 Å². The van der Waals surface area contributed by atoms with E-state index in [9.17, 15) is 0 Å². The van der Waals surface area contributed by atoms with Crippen molar-refractivity contribution in [3.8, 4) is 11.5 Å². The third-order valence-corrected chi connectivity index (χ3v) is 5.95. The number of benzene rings is 2. The number of ether oxygens (including phenoxy) is 2. The Bertz CT molecular complexity index is 847. The molecule has 0 atom stereocenters. The van der Waals surface area contributed by atoms with Crippen LogP contribution in [0.1, 0.15) is 27.8 Å². The van der Waals surface area contributed by atoms with Crippen LogP contribution in [-0.2, 0) is 25.8 Å². The second-order valence-electron chi connectivity index (χ2n) is 7.51. The fraction of sp³-hybridized carbons (Fsp3) is 0.455. The summed E-state index contributed by atoms with van der Waals surface area (Å²) in [6, 6.07) is 8.86. The molecule has 3 heterocycles. The summed E-state index contributed by atoms with van der Waals surface area (Å²) in [4.78, 5) is 2.49. The van der Waals surface area contributed by atoms with Crippen molar-refractivity contribution in [2.45, 2.75) is 32.7 Å². The smallest absolute Gasteiger partial charge is 0.143 e. The highest BCUT2D eigenvalue weighted by Gasteiger charge is 2.26. The fourth-order valence-corrected chi connectivity index (χ4v) is 4.67. The monoisotopic (exact) mass is 350 g/mol. The molecule has 1 N–H and O–H groups in total. The molecule has 2 aromatic carbocycles. The van der Waals surface area contributed by atoms with Crippen molar-refractivity contribution in [3.05, 3.63) is 52.1 Å². The van der Waals surface area contributed by atoms with Gasteiger partial charge in [-0.1, -0.05) is 18.2 Å². The molecular formula is C22H26N2O2. The molecular weight excluding hydrogens is 324 g/mol. The van der Waals surface area contributed by atoms with Crippen molar-refractivity contribution in [2.24, 2.45) is 0 Å². The molecule has 0 amide bonds. The summed E-state index contributed by atoms with van der Waals surface area (Å²) in [7, 11) is 0. The zero-order chi connectivity index (χ0) is 17.5. The van der Waals surface area contributed by atoms with Crippen LogP contribution in [0.5, 0.6) is 11.5 Å². The Morgan fingerprint density at radius 1 is 1.04 bits per heavy atom. The van der Waals surface area contributed by atoms with E-state index in [0.717, 1.165) is 70.2 Å². The van der Waals surface area contributed by atoms with E-state index < -0.39 is 0 Å². The Labute approximate surface area is 155 Å². The summed E-state index contributed by atoms with van der Waals surface area (Å²) in [6.45, 7) is 7.77. The lowest BCUT2D eigenvalue weighted by molar-refractivity contribution is 0.305. The summed E-state index contributed by atoms with van der Waals surface area (Å²) < 4.78 is 12.0. The zero-order valence-corrected chi connectivity index (χ0v) is 15.4. The number of rotatable bonds is 2. The van der Waals surface area contributed by atoms with Crippen LogP contribution in [0.3, 0.4) is 0 Å². The van der Waals surface area contributed by atoms with Gasteiger partial charge in [0.1, 0.15) is 18.1 Å². The van der Waals surface area contributed by atoms with Crippen LogP contribution in [0, 0.1) is 6.92 Å². The van der Waals surface area contributed by atoms with Crippen LogP contribution in [0.15, 0.2) is 24.3 Å². The molecule has 2 aromatic rings. The van der Waals surface area contributed by atoms with E-state index >= 15 is 0 Å². The summed E-state index contributed by atoms with van der Waals surface area (Å²) in [5.41, 5.74) is 8.29. The first-order valence-corrected chi connectivity index (χ1v) is 9.78. The Balaban J connectivity index is 1.54. The second kappa shape index (κ2) is 6.51. The van der Waals surface area contributed by atoms with Gasteiger partial charge in [0.15, 0.2) is 0 Å². The van der Waals surface area contributed by atoms with Gasteiger partial charge in [-0.15, -0.1) is 0 Å². The highest BCUT2D eigenvalue weighted by Crippen LogP contribution is 2.41. The molecule has 4 heteroatoms. The minimum absolute atomic E-state index is 0.749. The van der Waals surface area contributed by atoms with E-state index in [1.165, 1.54) is 33.5 Å². The third kappa shape index (κ3) is 2.64. The van der Waals surface area contributed by atoms with Gasteiger partial charge in [-0.2, -0.15) is 0 Å². The maximum atomic E-state index is 6.08. The number of nitrogens with zero attached hydrogens (tertiary/aromatic N) is 1. The van der Waals surface area contributed by atoms with Crippen molar-refractivity contribution < 1.29 is 9.47 Å². The number of hydrogen-bond acceptors (Lipinski definition) is 4. The molecule has 3 aliphatic heterocycles. The number of fused-ring (bicyclic) bond motifs is 3. The minimum atomic E-state index is 0.749. The molecule has 0 unspecified atom stereocenters. The number of anilines is 1. The normalized spacial score (nSPS) is 18.3. The van der Waals surface area contributed by atoms with E-state index in [1.807, 2.05) is 0 Å². The minimum Gasteiger partial charge on any atom is -0.493 e. The van der Waals surface area contributed by atoms with Crippen LogP contribution < -0.4 is 19.7 Å². The van der Waals surface area contributed by atoms with Crippen LogP contribution in [0.25, 0.3) is 0 Å². The highest BCUT2D eigenvalue weighted by molar-refractivity contribution is 5.69. The van der Waals surface area contributed by atoms with Crippen molar-refractivity contribution >= 4 is 5.69 Å². The average Bonchev–Trinajstić information content (AvgIpc) is 3.01. The molecule has 136 valence electrons. The Morgan fingerprint density at radius 2 is 1.96 bits per heavy atom. The van der Waals surface area contributed by atoms with E-state index in [1.54, 1.807) is 0 Å². The van der Waals surface area contributed by atoms with Gasteiger partial charge < -0.3 is 19.7 Å². The van der Waals surface area contributed by atoms with E-state index in [0.29, 0.717) is 0 Å². The molecule has 0 radical (unpaired) electrons. The third-order valence-electron chi connectivity index (χ3n) is 5.95. The first-order valence-electron chi connectivity index (χ1n) is 9.78. The fourth-order valence-electron chi connectivity index (χ4n) is 4.67. The molecule has 5 rings (SSSR count). The molecule has 3 aliphatic rings. The van der Waals surface area contributed by atoms with Crippen molar-refractivity contribution in [3.63, 3.8) is 0 Å². The van der Waals surface area contributed by atoms with Crippen molar-refractivity contribution in [2.75, 3.05) is 37.7 Å². The van der Waals surface area contributed by atoms with Gasteiger partial charge in [-0.25, -0.2) is 0 Å². The van der Waals surface area contributed by atoms with Gasteiger partial charge in [-0.05, 0) is 61.2 Å². The lowest BCUT2D eigenvalue weighted by atomic mass is 9.94. The maximum Gasteiger partial charge on any atom is 0.143 e. The van der Waals surface area contributed by atoms with E-state index in [2.05, 4.69) is 41.4 Å². The van der Waals surface area contributed by atoms with Crippen molar-refractivity contribution in [1.82, 2.24) is 5.32 Å². The maximum absolute atomic E-state index is 6.08. The standard InChI is InChI=1S/C22H26N2O2/c1-15-19-6-9-23-8-5-17(19)13-20-21(15)24(10-12-25-20)14-18-4-2-3-16-7-11-26-22(16)18/h2-4,13,23H,5-12,14H2,1H3. The highest BCUT2D eigenvalue weighted by atomic mass is 16.5. The number of hydrogen-bond donors (Lipinski definition) is 1. The second-order valence-corrected chi connectivity index (χ2v) is 7.51. The summed E-state index contributed by atoms with van der Waals surface area (Å²) >= 11 is 0. The largest absolute Gasteiger partial charge is 0.493 e. The van der Waals surface area contributed by atoms with Gasteiger partial charge in [0.05, 0.1) is 18.8 Å². The molecule has 0 saturated carbocycles. The number of para-hydroxylation sites is 1. The van der Waals surface area contributed by atoms with Crippen LogP contribution in [0.4, 0.5) is 5.69 Å². The van der Waals surface area contributed by atoms with E-state index in [4.69, 9.17) is 9.47 Å². The number of nitrogens with one attached hydrogen (secondary N) is 1. The van der Waals surface area contributed by atoms with Crippen LogP contribution >= 0.6 is 0 Å². The van der Waals surface area contributed by atoms with Gasteiger partial charge >= 0.3 is 0 Å². The first-order chi connectivity index (χ1) is 12.8. The summed E-state index contributed by atoms with van der Waals surface area (Å²) in [5.74, 6) is 2.17. The van der Waals surface area contributed by atoms with Gasteiger partial charge in [0.25, 0.3) is 0 Å². The quantitative estimate of drug-likeness (QED) is 0.903. The van der Waals surface area contributed by atoms with Crippen molar-refractivity contribution in [1.29, 1.82) is 0 Å². The molecule has 26 heavy (non-hydrogen) atoms. The topological polar surface area (TPSA) is 33.7 Å². The van der Waals surface area contributed by atoms with E-state index in [-0.39, 0.29) is 0 Å². The molecule has 0 fully saturated rings. The lowest BCUT2D eigenvalue weighted by Crippen LogP contribution is -2.33. The predicted octanol–water partition coefficient (Wildman–Crippen LogP) is 3.02. The van der Waals surface area contributed by atoms with Gasteiger partial charge in [-0.3, -0.25) is 0 Å². The Morgan fingerprint density at radius 3 is 2.92 bits per heavy atom. The molecule has 0 aromatic heterocycles. The molecule has 0 bridgehead atoms. The Kier molecular flexibility index (Phi) is 4.01. The molecule has 0 spiro atoms. The average molecular weight is 350 g/mol. The SMILES string of the molecule is Cc1c2c(cc3c1N(Cc1cccc4c1OCC4)CCO3)CCNCC2. The zero-order valence-electron chi connectivity index (χ0n) is 15.4. The lowest BCUT2D eigenvalue weighted by Gasteiger charge is -2.34. The molecule has 0 saturated heterocycles. The summed E-state index contributed by atoms with van der Waals surface area (Å²) in [6.07, 6.45) is 3.22. The Hall–Kier alpha value is -2.20. The molecule has 0 aliphatic carbocycles. The predicted molar refractivity (Wildman–Crippen MR) is 104 cm³/mol. The van der Waals surface area contributed by atoms with Gasteiger partial charge in [0, 0.05) is 18.5 Å². The molecule has 4 nitrogen and oxygen atoms in total.